The number of anilines is 1. The third-order valence-corrected chi connectivity index (χ3v) is 15.3. The molecule has 3 unspecified atom stereocenters. The van der Waals surface area contributed by atoms with E-state index >= 15 is 0 Å². The second-order valence-electron chi connectivity index (χ2n) is 18.6. The summed E-state index contributed by atoms with van der Waals surface area (Å²) in [4.78, 5) is 104. The predicted molar refractivity (Wildman–Crippen MR) is 267 cm³/mol. The smallest absolute Gasteiger partial charge is 0.413 e. The molecule has 3 saturated heterocycles. The number of aromatic nitrogens is 2. The van der Waals surface area contributed by atoms with Crippen LogP contribution in [0.5, 0.6) is 17.2 Å². The fourth-order valence-electron chi connectivity index (χ4n) is 9.49. The first kappa shape index (κ1) is 53.7. The maximum atomic E-state index is 14.1. The van der Waals surface area contributed by atoms with Crippen LogP contribution in [0.3, 0.4) is 0 Å². The number of thiazole rings is 1. The average molecular weight is 1050 g/mol. The van der Waals surface area contributed by atoms with E-state index < -0.39 is 70.0 Å². The van der Waals surface area contributed by atoms with Crippen LogP contribution in [0.2, 0.25) is 0 Å². The second-order valence-corrected chi connectivity index (χ2v) is 20.8. The number of hydrogen-bond donors (Lipinski definition) is 3. The quantitative estimate of drug-likeness (QED) is 0.0414. The molecule has 4 aliphatic heterocycles. The number of carbonyl (C=O) groups excluding carboxylic acids is 6. The number of likely N-dealkylation sites (N-methyl/N-ethyl adjacent to an activating group) is 1. The summed E-state index contributed by atoms with van der Waals surface area (Å²) >= 11 is 2.27. The lowest BCUT2D eigenvalue weighted by atomic mass is 9.93. The Kier molecular flexibility index (Phi) is 16.7. The molecule has 6 heterocycles. The Morgan fingerprint density at radius 1 is 1.01 bits per heavy atom. The number of rotatable bonds is 18. The zero-order valence-electron chi connectivity index (χ0n) is 40.6. The molecule has 0 aliphatic carbocycles. The molecule has 72 heavy (non-hydrogen) atoms. The van der Waals surface area contributed by atoms with Gasteiger partial charge in [0.2, 0.25) is 11.5 Å². The largest absolute Gasteiger partial charge is 0.541 e. The van der Waals surface area contributed by atoms with Crippen LogP contribution >= 0.6 is 32.6 Å². The lowest BCUT2D eigenvalue weighted by Gasteiger charge is -2.52. The Hall–Kier alpha value is -6.10. The van der Waals surface area contributed by atoms with Gasteiger partial charge in [0.15, 0.2) is 16.6 Å². The number of amides is 4. The molecule has 0 spiro atoms. The van der Waals surface area contributed by atoms with E-state index in [0.717, 1.165) is 29.7 Å². The normalized spacial score (nSPS) is 22.9. The summed E-state index contributed by atoms with van der Waals surface area (Å²) in [6.07, 6.45) is 2.31. The maximum absolute atomic E-state index is 14.1. The van der Waals surface area contributed by atoms with E-state index in [0.29, 0.717) is 40.9 Å². The monoisotopic (exact) mass is 1050 g/mol. The highest BCUT2D eigenvalue weighted by atomic mass is 32.2. The standard InChI is InChI=1S/C45H53B2N8O14PS2/c1-8-31(41(60)66-46)68-52-34(28-21-72-43(49-28)51-44(62)65-45(2,3)4)38(58)50-35-39(59)54-36(42(61)67-47)23(20-71-40(35)54)19-55(5)25-10-11-26(55)14-24(13-25)48-37(57)29-16-30(56)33(69-70)18-53(29)17-22-9-12-27(63-6)15-32(22)64-7/h9,12,15-16,18,21,24-26,31,35,40H,8,10-11,13-14,17,19-20,70H2,1-7H3,(H2-,48,49,50,51,57,58,62)/p+1/b52-34-/t24?,25-,26+,31-,35+,40+,55?/m0/s1. The van der Waals surface area contributed by atoms with Crippen molar-refractivity contribution in [1.82, 2.24) is 25.1 Å². The van der Waals surface area contributed by atoms with Gasteiger partial charge in [0.05, 0.1) is 55.6 Å². The summed E-state index contributed by atoms with van der Waals surface area (Å²) in [5.74, 6) is -2.43. The van der Waals surface area contributed by atoms with Crippen LogP contribution in [0.15, 0.2) is 57.1 Å². The number of ether oxygens (including phenoxy) is 3. The van der Waals surface area contributed by atoms with Gasteiger partial charge < -0.3 is 52.6 Å². The number of oxime groups is 1. The molecule has 380 valence electrons. The van der Waals surface area contributed by atoms with E-state index in [1.807, 2.05) is 6.07 Å². The zero-order valence-corrected chi connectivity index (χ0v) is 43.4. The van der Waals surface area contributed by atoms with Gasteiger partial charge in [-0.2, -0.15) is 0 Å². The number of carbonyl (C=O) groups is 6. The first-order valence-electron chi connectivity index (χ1n) is 22.7. The van der Waals surface area contributed by atoms with Crippen molar-refractivity contribution in [3.8, 4) is 17.2 Å². The molecule has 2 bridgehead atoms. The van der Waals surface area contributed by atoms with E-state index in [9.17, 15) is 33.6 Å². The first-order chi connectivity index (χ1) is 34.2. The Morgan fingerprint density at radius 3 is 2.36 bits per heavy atom. The van der Waals surface area contributed by atoms with Gasteiger partial charge in [-0.05, 0) is 39.3 Å². The van der Waals surface area contributed by atoms with E-state index in [1.165, 1.54) is 41.4 Å². The van der Waals surface area contributed by atoms with E-state index in [-0.39, 0.29) is 64.8 Å². The topological polar surface area (TPSA) is 254 Å². The number of pyridine rings is 1. The number of nitrogens with zero attached hydrogens (tertiary/aromatic N) is 5. The fraction of sp³-hybridized carbons (Fsp3) is 0.489. The molecular formula is C45H54B2N8O14PS2+. The average Bonchev–Trinajstić information content (AvgIpc) is 3.84. The van der Waals surface area contributed by atoms with Crippen LogP contribution in [0, 0.1) is 0 Å². The zero-order chi connectivity index (χ0) is 52.2. The van der Waals surface area contributed by atoms with Crippen LogP contribution in [0.1, 0.15) is 81.5 Å². The third-order valence-electron chi connectivity index (χ3n) is 13.0. The van der Waals surface area contributed by atoms with Gasteiger partial charge in [-0.15, -0.1) is 23.1 Å². The highest BCUT2D eigenvalue weighted by Crippen LogP contribution is 2.46. The number of quaternary nitrogens is 1. The van der Waals surface area contributed by atoms with Crippen LogP contribution < -0.4 is 35.4 Å². The Balaban J connectivity index is 1.06. The number of piperidine rings is 1. The minimum Gasteiger partial charge on any atom is -0.541 e. The number of fused-ring (bicyclic) bond motifs is 3. The Bertz CT molecular complexity index is 2740. The van der Waals surface area contributed by atoms with Crippen molar-refractivity contribution in [3.63, 3.8) is 0 Å². The Morgan fingerprint density at radius 2 is 1.74 bits per heavy atom. The number of nitrogens with one attached hydrogen (secondary N) is 3. The van der Waals surface area contributed by atoms with Crippen LogP contribution in [-0.4, -0.2) is 151 Å². The highest BCUT2D eigenvalue weighted by Gasteiger charge is 2.57. The minimum absolute atomic E-state index is 0.0176. The van der Waals surface area contributed by atoms with Gasteiger partial charge in [-0.1, -0.05) is 12.1 Å². The number of benzene rings is 1. The van der Waals surface area contributed by atoms with Crippen molar-refractivity contribution in [3.05, 3.63) is 74.3 Å². The van der Waals surface area contributed by atoms with Gasteiger partial charge in [-0.25, -0.2) is 19.4 Å². The van der Waals surface area contributed by atoms with Gasteiger partial charge in [0, 0.05) is 66.1 Å². The lowest BCUT2D eigenvalue weighted by Crippen LogP contribution is -2.71. The van der Waals surface area contributed by atoms with Crippen molar-refractivity contribution >= 4 is 95.3 Å². The molecule has 4 aliphatic rings. The molecule has 2 aromatic heterocycles. The molecule has 3 N–H and O–H groups in total. The molecule has 27 heteroatoms. The molecule has 7 rings (SSSR count). The molecule has 3 aromatic rings. The van der Waals surface area contributed by atoms with Crippen LogP contribution in [0.25, 0.3) is 0 Å². The Labute approximate surface area is 428 Å². The van der Waals surface area contributed by atoms with Crippen molar-refractivity contribution in [1.29, 1.82) is 0 Å². The molecule has 3 fully saturated rings. The molecule has 22 nitrogen and oxygen atoms in total. The molecule has 8 atom stereocenters. The fourth-order valence-corrected chi connectivity index (χ4v) is 11.7. The van der Waals surface area contributed by atoms with Gasteiger partial charge in [-0.3, -0.25) is 29.4 Å². The first-order valence-corrected chi connectivity index (χ1v) is 25.1. The number of hydrogen-bond acceptors (Lipinski definition) is 18. The summed E-state index contributed by atoms with van der Waals surface area (Å²) < 4.78 is 32.7. The summed E-state index contributed by atoms with van der Waals surface area (Å²) in [7, 11) is 17.8. The predicted octanol–water partition coefficient (Wildman–Crippen LogP) is 2.86. The van der Waals surface area contributed by atoms with E-state index in [2.05, 4.69) is 47.3 Å². The molecule has 4 radical (unpaired) electrons. The SMILES string of the molecule is [B]OC(=O)C1=C(C[N+]2(C)[C@@H]3CC[C@H]2CC(NC(=O)c2cc(=O)c(OP)cn2Cc2ccc(OC)cc2OC)C3)CS[C@@H]2[C@H](NC(=O)/C(=N\O[C@@H](CC)C(=O)O[B])c3csc(NC(=O)OC(C)(C)C)n3)C(=O)N12. The van der Waals surface area contributed by atoms with E-state index in [4.69, 9.17) is 44.3 Å². The minimum atomic E-state index is -1.30. The molecule has 0 saturated carbocycles. The van der Waals surface area contributed by atoms with Gasteiger partial charge in [0.25, 0.3) is 17.7 Å². The molecule has 4 amide bonds. The summed E-state index contributed by atoms with van der Waals surface area (Å²) in [6, 6.07) is 5.26. The molecular weight excluding hydrogens is 993 g/mol. The third kappa shape index (κ3) is 11.4. The van der Waals surface area contributed by atoms with Crippen LogP contribution in [-0.2, 0) is 44.6 Å². The summed E-state index contributed by atoms with van der Waals surface area (Å²) in [5.41, 5.74) is -0.320. The summed E-state index contributed by atoms with van der Waals surface area (Å²) in [5, 5.41) is 13.0. The summed E-state index contributed by atoms with van der Waals surface area (Å²) in [6.45, 7) is 7.20. The van der Waals surface area contributed by atoms with Crippen LogP contribution in [0.4, 0.5) is 9.93 Å². The second kappa shape index (κ2) is 22.3. The number of thioether (sulfide) groups is 1. The molecule has 1 aromatic carbocycles. The van der Waals surface area contributed by atoms with Gasteiger partial charge >= 0.3 is 34.1 Å². The number of methoxy groups -OCH3 is 2. The lowest BCUT2D eigenvalue weighted by molar-refractivity contribution is -0.944. The van der Waals surface area contributed by atoms with Crippen molar-refractivity contribution in [2.24, 2.45) is 5.16 Å². The number of β-lactam (4-membered cyclic amide) rings is 1. The van der Waals surface area contributed by atoms with Crippen molar-refractivity contribution in [2.75, 3.05) is 38.9 Å². The highest BCUT2D eigenvalue weighted by molar-refractivity contribution is 8.00. The van der Waals surface area contributed by atoms with E-state index in [1.54, 1.807) is 51.5 Å². The van der Waals surface area contributed by atoms with Gasteiger partial charge in [0.1, 0.15) is 52.1 Å². The van der Waals surface area contributed by atoms with Crippen molar-refractivity contribution < 1.29 is 66.1 Å². The maximum Gasteiger partial charge on any atom is 0.413 e. The van der Waals surface area contributed by atoms with Crippen molar-refractivity contribution in [2.45, 2.75) is 108 Å².